The first-order valence-corrected chi connectivity index (χ1v) is 6.00. The third-order valence-corrected chi connectivity index (χ3v) is 2.73. The molecular formula is C11H9BrClN3O. The molecule has 0 aliphatic heterocycles. The van der Waals surface area contributed by atoms with Crippen molar-refractivity contribution in [2.75, 3.05) is 12.4 Å². The summed E-state index contributed by atoms with van der Waals surface area (Å²) in [4.78, 5) is 8.12. The van der Waals surface area contributed by atoms with Crippen LogP contribution in [0.3, 0.4) is 0 Å². The molecule has 6 heteroatoms. The van der Waals surface area contributed by atoms with E-state index in [1.54, 1.807) is 7.05 Å². The van der Waals surface area contributed by atoms with Gasteiger partial charge in [0.1, 0.15) is 10.8 Å². The van der Waals surface area contributed by atoms with E-state index >= 15 is 0 Å². The molecule has 2 aromatic rings. The molecule has 0 bridgehead atoms. The summed E-state index contributed by atoms with van der Waals surface area (Å²) in [6.07, 6.45) is 1.49. The molecule has 0 atom stereocenters. The molecule has 1 N–H and O–H groups in total. The summed E-state index contributed by atoms with van der Waals surface area (Å²) in [5.74, 6) is 1.19. The van der Waals surface area contributed by atoms with Crippen LogP contribution < -0.4 is 10.1 Å². The van der Waals surface area contributed by atoms with Crippen LogP contribution in [0.1, 0.15) is 0 Å². The Hall–Kier alpha value is -1.33. The van der Waals surface area contributed by atoms with Crippen LogP contribution in [0.4, 0.5) is 5.82 Å². The van der Waals surface area contributed by atoms with Gasteiger partial charge < -0.3 is 10.1 Å². The molecule has 17 heavy (non-hydrogen) atoms. The quantitative estimate of drug-likeness (QED) is 0.938. The van der Waals surface area contributed by atoms with E-state index in [9.17, 15) is 0 Å². The van der Waals surface area contributed by atoms with Crippen LogP contribution >= 0.6 is 27.5 Å². The zero-order chi connectivity index (χ0) is 12.3. The van der Waals surface area contributed by atoms with Crippen molar-refractivity contribution < 1.29 is 4.74 Å². The zero-order valence-electron chi connectivity index (χ0n) is 8.95. The number of ether oxygens (including phenoxy) is 1. The number of anilines is 1. The number of rotatable bonds is 3. The lowest BCUT2D eigenvalue weighted by atomic mass is 10.3. The van der Waals surface area contributed by atoms with Crippen molar-refractivity contribution in [3.8, 4) is 11.8 Å². The SMILES string of the molecule is CNc1nc(Oc2cccc(Br)c2)ncc1Cl. The second kappa shape index (κ2) is 5.33. The van der Waals surface area contributed by atoms with E-state index in [4.69, 9.17) is 16.3 Å². The fourth-order valence-electron chi connectivity index (χ4n) is 1.21. The highest BCUT2D eigenvalue weighted by Gasteiger charge is 2.05. The second-order valence-electron chi connectivity index (χ2n) is 3.16. The van der Waals surface area contributed by atoms with E-state index in [1.165, 1.54) is 6.20 Å². The standard InChI is InChI=1S/C11H9BrClN3O/c1-14-10-9(13)6-15-11(16-10)17-8-4-2-3-7(12)5-8/h2-6H,1H3,(H,14,15,16). The number of halogens is 2. The summed E-state index contributed by atoms with van der Waals surface area (Å²) in [5.41, 5.74) is 0. The fraction of sp³-hybridized carbons (Fsp3) is 0.0909. The van der Waals surface area contributed by atoms with Crippen LogP contribution in [0, 0.1) is 0 Å². The number of nitrogens with zero attached hydrogens (tertiary/aromatic N) is 2. The fourth-order valence-corrected chi connectivity index (χ4v) is 1.78. The maximum atomic E-state index is 5.87. The molecule has 0 fully saturated rings. The van der Waals surface area contributed by atoms with Gasteiger partial charge in [0.25, 0.3) is 0 Å². The summed E-state index contributed by atoms with van der Waals surface area (Å²) in [6.45, 7) is 0. The van der Waals surface area contributed by atoms with Gasteiger partial charge >= 0.3 is 6.01 Å². The third-order valence-electron chi connectivity index (χ3n) is 1.96. The van der Waals surface area contributed by atoms with Crippen LogP contribution in [0.25, 0.3) is 0 Å². The molecule has 88 valence electrons. The van der Waals surface area contributed by atoms with Crippen molar-refractivity contribution in [3.05, 3.63) is 40.0 Å². The predicted molar refractivity (Wildman–Crippen MR) is 70.8 cm³/mol. The molecule has 2 rings (SSSR count). The van der Waals surface area contributed by atoms with Crippen LogP contribution in [-0.2, 0) is 0 Å². The lowest BCUT2D eigenvalue weighted by molar-refractivity contribution is 0.442. The molecule has 0 amide bonds. The van der Waals surface area contributed by atoms with Gasteiger partial charge in [-0.25, -0.2) is 4.98 Å². The van der Waals surface area contributed by atoms with Crippen molar-refractivity contribution in [3.63, 3.8) is 0 Å². The molecule has 4 nitrogen and oxygen atoms in total. The Bertz CT molecular complexity index is 536. The molecule has 1 aromatic carbocycles. The smallest absolute Gasteiger partial charge is 0.323 e. The Kier molecular flexibility index (Phi) is 3.81. The second-order valence-corrected chi connectivity index (χ2v) is 4.48. The van der Waals surface area contributed by atoms with Crippen molar-refractivity contribution in [1.82, 2.24) is 9.97 Å². The number of hydrogen-bond acceptors (Lipinski definition) is 4. The predicted octanol–water partition coefficient (Wildman–Crippen LogP) is 3.73. The molecular weight excluding hydrogens is 305 g/mol. The molecule has 0 saturated carbocycles. The van der Waals surface area contributed by atoms with Gasteiger partial charge in [-0.1, -0.05) is 33.6 Å². The van der Waals surface area contributed by atoms with E-state index in [0.717, 1.165) is 4.47 Å². The van der Waals surface area contributed by atoms with E-state index in [-0.39, 0.29) is 6.01 Å². The number of benzene rings is 1. The van der Waals surface area contributed by atoms with Crippen molar-refractivity contribution in [1.29, 1.82) is 0 Å². The molecule has 0 radical (unpaired) electrons. The average Bonchev–Trinajstić information content (AvgIpc) is 2.32. The monoisotopic (exact) mass is 313 g/mol. The molecule has 0 aliphatic carbocycles. The highest BCUT2D eigenvalue weighted by atomic mass is 79.9. The number of hydrogen-bond donors (Lipinski definition) is 1. The summed E-state index contributed by atoms with van der Waals surface area (Å²) in [7, 11) is 1.73. The Morgan fingerprint density at radius 1 is 1.41 bits per heavy atom. The van der Waals surface area contributed by atoms with Gasteiger partial charge in [-0.05, 0) is 18.2 Å². The van der Waals surface area contributed by atoms with E-state index in [0.29, 0.717) is 16.6 Å². The molecule has 1 heterocycles. The Morgan fingerprint density at radius 3 is 2.94 bits per heavy atom. The van der Waals surface area contributed by atoms with Gasteiger partial charge in [-0.2, -0.15) is 4.98 Å². The van der Waals surface area contributed by atoms with Gasteiger partial charge in [-0.3, -0.25) is 0 Å². The van der Waals surface area contributed by atoms with Crippen molar-refractivity contribution in [2.24, 2.45) is 0 Å². The van der Waals surface area contributed by atoms with Gasteiger partial charge in [0.15, 0.2) is 5.82 Å². The summed E-state index contributed by atoms with van der Waals surface area (Å²) in [6, 6.07) is 7.68. The van der Waals surface area contributed by atoms with Crippen LogP contribution in [0.5, 0.6) is 11.8 Å². The zero-order valence-corrected chi connectivity index (χ0v) is 11.3. The van der Waals surface area contributed by atoms with Crippen molar-refractivity contribution in [2.45, 2.75) is 0 Å². The molecule has 1 aromatic heterocycles. The topological polar surface area (TPSA) is 47.0 Å². The van der Waals surface area contributed by atoms with Gasteiger partial charge in [0.2, 0.25) is 0 Å². The first kappa shape index (κ1) is 12.1. The lowest BCUT2D eigenvalue weighted by Crippen LogP contribution is -1.98. The van der Waals surface area contributed by atoms with Crippen molar-refractivity contribution >= 4 is 33.3 Å². The van der Waals surface area contributed by atoms with E-state index < -0.39 is 0 Å². The molecule has 0 unspecified atom stereocenters. The Balaban J connectivity index is 2.24. The Labute approximate surface area is 112 Å². The van der Waals surface area contributed by atoms with Gasteiger partial charge in [-0.15, -0.1) is 0 Å². The highest BCUT2D eigenvalue weighted by molar-refractivity contribution is 9.10. The minimum Gasteiger partial charge on any atom is -0.424 e. The number of aromatic nitrogens is 2. The minimum absolute atomic E-state index is 0.247. The maximum Gasteiger partial charge on any atom is 0.323 e. The average molecular weight is 315 g/mol. The largest absolute Gasteiger partial charge is 0.424 e. The summed E-state index contributed by atoms with van der Waals surface area (Å²) < 4.78 is 6.43. The molecule has 0 saturated heterocycles. The van der Waals surface area contributed by atoms with E-state index in [1.807, 2.05) is 24.3 Å². The first-order valence-electron chi connectivity index (χ1n) is 4.83. The van der Waals surface area contributed by atoms with Crippen LogP contribution in [0.2, 0.25) is 5.02 Å². The van der Waals surface area contributed by atoms with Gasteiger partial charge in [0, 0.05) is 11.5 Å². The number of nitrogens with one attached hydrogen (secondary N) is 1. The normalized spacial score (nSPS) is 10.1. The van der Waals surface area contributed by atoms with Gasteiger partial charge in [0.05, 0.1) is 6.20 Å². The first-order chi connectivity index (χ1) is 8.19. The lowest BCUT2D eigenvalue weighted by Gasteiger charge is -2.06. The maximum absolute atomic E-state index is 5.87. The third kappa shape index (κ3) is 3.08. The van der Waals surface area contributed by atoms with E-state index in [2.05, 4.69) is 31.2 Å². The van der Waals surface area contributed by atoms with Crippen LogP contribution in [-0.4, -0.2) is 17.0 Å². The summed E-state index contributed by atoms with van der Waals surface area (Å²) in [5, 5.41) is 3.31. The minimum atomic E-state index is 0.247. The van der Waals surface area contributed by atoms with Crippen LogP contribution in [0.15, 0.2) is 34.9 Å². The highest BCUT2D eigenvalue weighted by Crippen LogP contribution is 2.25. The summed E-state index contributed by atoms with van der Waals surface area (Å²) >= 11 is 9.23. The molecule has 0 aliphatic rings. The molecule has 0 spiro atoms. The Morgan fingerprint density at radius 2 is 2.24 bits per heavy atom.